The van der Waals surface area contributed by atoms with Crippen molar-refractivity contribution in [2.45, 2.75) is 65.6 Å². The van der Waals surface area contributed by atoms with Gasteiger partial charge in [-0.3, -0.25) is 9.80 Å². The van der Waals surface area contributed by atoms with Gasteiger partial charge in [0.2, 0.25) is 0 Å². The highest BCUT2D eigenvalue weighted by molar-refractivity contribution is 6.02. The smallest absolute Gasteiger partial charge is 0.410 e. The van der Waals surface area contributed by atoms with E-state index in [1.54, 1.807) is 34.9 Å². The van der Waals surface area contributed by atoms with Crippen molar-refractivity contribution >= 4 is 35.1 Å². The molecule has 0 saturated carbocycles. The fourth-order valence-electron chi connectivity index (χ4n) is 5.10. The molecule has 2 aliphatic rings. The highest BCUT2D eigenvalue weighted by atomic mass is 16.6. The van der Waals surface area contributed by atoms with E-state index in [9.17, 15) is 9.59 Å². The second-order valence-corrected chi connectivity index (χ2v) is 10.7. The summed E-state index contributed by atoms with van der Waals surface area (Å²) in [5.74, 6) is 1.73. The van der Waals surface area contributed by atoms with Crippen molar-refractivity contribution in [2.75, 3.05) is 34.8 Å². The van der Waals surface area contributed by atoms with Gasteiger partial charge in [0.05, 0.1) is 30.2 Å². The van der Waals surface area contributed by atoms with Crippen LogP contribution in [0.25, 0.3) is 5.78 Å². The molecule has 2 atom stereocenters. The number of nitrogens with one attached hydrogen (secondary N) is 1. The quantitative estimate of drug-likeness (QED) is 0.561. The lowest BCUT2D eigenvalue weighted by atomic mass is 10.1. The molecule has 12 nitrogen and oxygen atoms in total. The molecule has 3 aromatic heterocycles. The Morgan fingerprint density at radius 1 is 1.14 bits per heavy atom. The summed E-state index contributed by atoms with van der Waals surface area (Å²) >= 11 is 0. The van der Waals surface area contributed by atoms with Crippen LogP contribution in [0.2, 0.25) is 0 Å². The molecule has 0 spiro atoms. The van der Waals surface area contributed by atoms with Crippen LogP contribution >= 0.6 is 0 Å². The number of anilines is 3. The van der Waals surface area contributed by atoms with E-state index in [0.717, 1.165) is 11.3 Å². The van der Waals surface area contributed by atoms with E-state index in [1.807, 2.05) is 45.6 Å². The van der Waals surface area contributed by atoms with Gasteiger partial charge in [0.25, 0.3) is 5.78 Å². The fourth-order valence-corrected chi connectivity index (χ4v) is 5.10. The van der Waals surface area contributed by atoms with E-state index >= 15 is 0 Å². The average molecular weight is 508 g/mol. The third kappa shape index (κ3) is 4.87. The van der Waals surface area contributed by atoms with Crippen LogP contribution in [0.1, 0.15) is 46.0 Å². The Bertz CT molecular complexity index is 1340. The lowest BCUT2D eigenvalue weighted by Gasteiger charge is -2.45. The first-order chi connectivity index (χ1) is 17.5. The van der Waals surface area contributed by atoms with Gasteiger partial charge >= 0.3 is 12.1 Å². The first-order valence-electron chi connectivity index (χ1n) is 12.5. The minimum absolute atomic E-state index is 0.0361. The summed E-state index contributed by atoms with van der Waals surface area (Å²) in [6.07, 6.45) is 5.40. The maximum absolute atomic E-state index is 13.2. The molecule has 1 fully saturated rings. The monoisotopic (exact) mass is 507 g/mol. The molecular weight excluding hydrogens is 474 g/mol. The number of hydrogen-bond donors (Lipinski definition) is 1. The van der Waals surface area contributed by atoms with E-state index < -0.39 is 5.60 Å². The van der Waals surface area contributed by atoms with Gasteiger partial charge in [-0.2, -0.15) is 10.1 Å². The van der Waals surface area contributed by atoms with Gasteiger partial charge in [-0.15, -0.1) is 0 Å². The minimum atomic E-state index is -0.542. The number of piperazine rings is 1. The number of aryl methyl sites for hydroxylation is 1. The van der Waals surface area contributed by atoms with Crippen molar-refractivity contribution in [3.63, 3.8) is 0 Å². The lowest BCUT2D eigenvalue weighted by molar-refractivity contribution is 0.00565. The summed E-state index contributed by atoms with van der Waals surface area (Å²) in [7, 11) is 0. The van der Waals surface area contributed by atoms with Gasteiger partial charge in [-0.25, -0.2) is 24.1 Å². The van der Waals surface area contributed by atoms with Crippen molar-refractivity contribution in [3.05, 3.63) is 36.0 Å². The van der Waals surface area contributed by atoms with Crippen molar-refractivity contribution in [1.29, 1.82) is 0 Å². The van der Waals surface area contributed by atoms with Crippen LogP contribution in [0.15, 0.2) is 24.7 Å². The van der Waals surface area contributed by atoms with E-state index in [2.05, 4.69) is 30.3 Å². The van der Waals surface area contributed by atoms with Crippen LogP contribution in [0.3, 0.4) is 0 Å². The second kappa shape index (κ2) is 9.16. The summed E-state index contributed by atoms with van der Waals surface area (Å²) in [5.41, 5.74) is 2.06. The Balaban J connectivity index is 1.32. The van der Waals surface area contributed by atoms with E-state index in [0.29, 0.717) is 49.2 Å². The molecule has 2 aliphatic heterocycles. The average Bonchev–Trinajstić information content (AvgIpc) is 3.39. The number of rotatable bonds is 2. The van der Waals surface area contributed by atoms with Crippen LogP contribution in [0, 0.1) is 6.92 Å². The first kappa shape index (κ1) is 24.7. The number of ether oxygens (including phenoxy) is 1. The van der Waals surface area contributed by atoms with E-state index in [-0.39, 0.29) is 24.2 Å². The Morgan fingerprint density at radius 2 is 1.86 bits per heavy atom. The summed E-state index contributed by atoms with van der Waals surface area (Å²) < 4.78 is 7.18. The summed E-state index contributed by atoms with van der Waals surface area (Å²) in [6, 6.07) is 1.64. The van der Waals surface area contributed by atoms with Gasteiger partial charge < -0.3 is 15.0 Å². The molecule has 5 heterocycles. The molecule has 37 heavy (non-hydrogen) atoms. The molecule has 0 aliphatic carbocycles. The molecule has 5 rings (SSSR count). The molecule has 0 radical (unpaired) electrons. The van der Waals surface area contributed by atoms with Crippen LogP contribution in [0.4, 0.5) is 26.8 Å². The summed E-state index contributed by atoms with van der Waals surface area (Å²) in [4.78, 5) is 44.8. The third-order valence-corrected chi connectivity index (χ3v) is 6.51. The molecule has 0 bridgehead atoms. The largest absolute Gasteiger partial charge is 0.444 e. The number of carbonyl (C=O) groups excluding carboxylic acids is 2. The normalized spacial score (nSPS) is 19.8. The van der Waals surface area contributed by atoms with E-state index in [4.69, 9.17) is 4.74 Å². The fraction of sp³-hybridized carbons (Fsp3) is 0.520. The minimum Gasteiger partial charge on any atom is -0.444 e. The van der Waals surface area contributed by atoms with Gasteiger partial charge in [-0.1, -0.05) is 0 Å². The number of pyridine rings is 1. The number of nitrogens with zero attached hydrogens (tertiary/aromatic N) is 8. The number of fused-ring (bicyclic) bond motifs is 2. The van der Waals surface area contributed by atoms with Crippen LogP contribution in [0.5, 0.6) is 0 Å². The number of hydrogen-bond acceptors (Lipinski definition) is 8. The first-order valence-corrected chi connectivity index (χ1v) is 12.5. The van der Waals surface area contributed by atoms with Gasteiger partial charge in [-0.05, 0) is 54.0 Å². The molecule has 12 heteroatoms. The van der Waals surface area contributed by atoms with Crippen LogP contribution < -0.4 is 15.1 Å². The molecule has 3 aromatic rings. The number of carbonyl (C=O) groups is 2. The molecule has 1 N–H and O–H groups in total. The van der Waals surface area contributed by atoms with Gasteiger partial charge in [0, 0.05) is 37.1 Å². The van der Waals surface area contributed by atoms with Crippen molar-refractivity contribution in [3.8, 4) is 0 Å². The standard InChI is InChI=1S/C25H33N9O3/c1-15-12-31(13-16(2)34(15)24(36)37-25(4,5)6)20-7-9-26-21-19(20)8-10-32(21)23(35)29-18-11-27-22-28-17(3)30-33(22)14-18/h7,9,11,14-16H,8,10,12-13H2,1-6H3,(H,29,35)/t15-,16+. The molecule has 0 aromatic carbocycles. The van der Waals surface area contributed by atoms with Gasteiger partial charge in [0.15, 0.2) is 0 Å². The lowest BCUT2D eigenvalue weighted by Crippen LogP contribution is -2.59. The molecule has 3 amide bonds. The van der Waals surface area contributed by atoms with Gasteiger partial charge in [0.1, 0.15) is 17.2 Å². The molecule has 1 saturated heterocycles. The predicted octanol–water partition coefficient (Wildman–Crippen LogP) is 3.26. The second-order valence-electron chi connectivity index (χ2n) is 10.7. The highest BCUT2D eigenvalue weighted by Gasteiger charge is 2.37. The Labute approximate surface area is 215 Å². The van der Waals surface area contributed by atoms with Crippen LogP contribution in [-0.2, 0) is 11.2 Å². The maximum Gasteiger partial charge on any atom is 0.410 e. The SMILES string of the molecule is Cc1nc2ncc(NC(=O)N3CCc4c(N5C[C@@H](C)N(C(=O)OC(C)(C)C)[C@@H](C)C5)ccnc43)cn2n1. The maximum atomic E-state index is 13.2. The van der Waals surface area contributed by atoms with E-state index in [1.165, 1.54) is 0 Å². The van der Waals surface area contributed by atoms with Crippen molar-refractivity contribution in [1.82, 2.24) is 29.5 Å². The number of amides is 3. The topological polar surface area (TPSA) is 121 Å². The van der Waals surface area contributed by atoms with Crippen molar-refractivity contribution < 1.29 is 14.3 Å². The zero-order chi connectivity index (χ0) is 26.5. The summed E-state index contributed by atoms with van der Waals surface area (Å²) in [6.45, 7) is 13.3. The molecular formula is C25H33N9O3. The zero-order valence-corrected chi connectivity index (χ0v) is 22.1. The summed E-state index contributed by atoms with van der Waals surface area (Å²) in [5, 5.41) is 7.15. The number of urea groups is 1. The Kier molecular flexibility index (Phi) is 6.12. The molecule has 0 unspecified atom stereocenters. The third-order valence-electron chi connectivity index (χ3n) is 6.51. The number of aromatic nitrogens is 5. The Morgan fingerprint density at radius 3 is 2.57 bits per heavy atom. The molecule has 196 valence electrons. The zero-order valence-electron chi connectivity index (χ0n) is 22.1. The highest BCUT2D eigenvalue weighted by Crippen LogP contribution is 2.36. The predicted molar refractivity (Wildman–Crippen MR) is 139 cm³/mol. The van der Waals surface area contributed by atoms with Crippen LogP contribution in [-0.4, -0.2) is 78.9 Å². The van der Waals surface area contributed by atoms with Crippen molar-refractivity contribution in [2.24, 2.45) is 0 Å². The Hall–Kier alpha value is -3.96.